The molecule has 2 N–H and O–H groups in total. The van der Waals surface area contributed by atoms with Gasteiger partial charge < -0.3 is 15.2 Å². The number of rotatable bonds is 4. The third-order valence-electron chi connectivity index (χ3n) is 4.24. The summed E-state index contributed by atoms with van der Waals surface area (Å²) in [5, 5.41) is 0. The fourth-order valence-electron chi connectivity index (χ4n) is 3.29. The van der Waals surface area contributed by atoms with Gasteiger partial charge in [0.15, 0.2) is 11.5 Å². The summed E-state index contributed by atoms with van der Waals surface area (Å²) in [4.78, 5) is 0. The van der Waals surface area contributed by atoms with E-state index in [4.69, 9.17) is 15.2 Å². The molecular formula is C15H23NO2. The van der Waals surface area contributed by atoms with Crippen LogP contribution < -0.4 is 15.2 Å². The molecule has 1 aromatic carbocycles. The lowest BCUT2D eigenvalue weighted by atomic mass is 9.76. The van der Waals surface area contributed by atoms with Crippen LogP contribution in [0.15, 0.2) is 12.1 Å². The van der Waals surface area contributed by atoms with E-state index in [0.29, 0.717) is 6.54 Å². The highest BCUT2D eigenvalue weighted by atomic mass is 16.5. The van der Waals surface area contributed by atoms with Gasteiger partial charge in [-0.25, -0.2) is 0 Å². The van der Waals surface area contributed by atoms with Crippen LogP contribution in [-0.2, 0) is 5.41 Å². The van der Waals surface area contributed by atoms with Gasteiger partial charge >= 0.3 is 0 Å². The average molecular weight is 249 g/mol. The lowest BCUT2D eigenvalue weighted by Gasteiger charge is -2.31. The van der Waals surface area contributed by atoms with Crippen molar-refractivity contribution in [2.24, 2.45) is 5.73 Å². The predicted octanol–water partition coefficient (Wildman–Crippen LogP) is 2.78. The quantitative estimate of drug-likeness (QED) is 0.892. The number of hydrogen-bond donors (Lipinski definition) is 1. The summed E-state index contributed by atoms with van der Waals surface area (Å²) in [5.41, 5.74) is 8.67. The second-order valence-electron chi connectivity index (χ2n) is 5.18. The smallest absolute Gasteiger partial charge is 0.164 e. The van der Waals surface area contributed by atoms with Gasteiger partial charge in [-0.1, -0.05) is 18.9 Å². The van der Waals surface area contributed by atoms with E-state index in [2.05, 4.69) is 13.0 Å². The van der Waals surface area contributed by atoms with Crippen LogP contribution in [0.5, 0.6) is 11.5 Å². The van der Waals surface area contributed by atoms with Crippen molar-refractivity contribution in [2.75, 3.05) is 20.8 Å². The van der Waals surface area contributed by atoms with E-state index >= 15 is 0 Å². The Balaban J connectivity index is 2.60. The SMILES string of the molecule is COc1ccc(C)c(C2(CN)CCCC2)c1OC. The molecule has 0 aliphatic heterocycles. The molecule has 0 heterocycles. The maximum atomic E-state index is 6.09. The summed E-state index contributed by atoms with van der Waals surface area (Å²) in [6.07, 6.45) is 4.79. The Morgan fingerprint density at radius 1 is 1.17 bits per heavy atom. The number of benzene rings is 1. The minimum Gasteiger partial charge on any atom is -0.493 e. The predicted molar refractivity (Wildman–Crippen MR) is 73.5 cm³/mol. The number of aryl methyl sites for hydroxylation is 1. The molecule has 3 heteroatoms. The van der Waals surface area contributed by atoms with E-state index in [1.807, 2.05) is 6.07 Å². The van der Waals surface area contributed by atoms with Crippen molar-refractivity contribution in [1.29, 1.82) is 0 Å². The maximum absolute atomic E-state index is 6.09. The van der Waals surface area contributed by atoms with Crippen molar-refractivity contribution in [3.05, 3.63) is 23.3 Å². The third kappa shape index (κ3) is 1.97. The van der Waals surface area contributed by atoms with Crippen molar-refractivity contribution in [3.8, 4) is 11.5 Å². The molecule has 0 unspecified atom stereocenters. The van der Waals surface area contributed by atoms with Crippen LogP contribution in [-0.4, -0.2) is 20.8 Å². The topological polar surface area (TPSA) is 44.5 Å². The highest BCUT2D eigenvalue weighted by Gasteiger charge is 2.38. The molecule has 0 amide bonds. The molecule has 0 radical (unpaired) electrons. The Morgan fingerprint density at radius 3 is 2.33 bits per heavy atom. The van der Waals surface area contributed by atoms with E-state index in [0.717, 1.165) is 24.3 Å². The zero-order valence-corrected chi connectivity index (χ0v) is 11.6. The van der Waals surface area contributed by atoms with E-state index < -0.39 is 0 Å². The fourth-order valence-corrected chi connectivity index (χ4v) is 3.29. The standard InChI is InChI=1S/C15H23NO2/c1-11-6-7-12(17-2)14(18-3)13(11)15(10-16)8-4-5-9-15/h6-7H,4-5,8-10,16H2,1-3H3. The minimum absolute atomic E-state index is 0.0734. The molecule has 1 aromatic rings. The molecule has 1 fully saturated rings. The molecule has 18 heavy (non-hydrogen) atoms. The largest absolute Gasteiger partial charge is 0.493 e. The van der Waals surface area contributed by atoms with Gasteiger partial charge in [-0.15, -0.1) is 0 Å². The molecule has 100 valence electrons. The van der Waals surface area contributed by atoms with Crippen molar-refractivity contribution >= 4 is 0 Å². The summed E-state index contributed by atoms with van der Waals surface area (Å²) in [5.74, 6) is 1.67. The molecule has 3 nitrogen and oxygen atoms in total. The van der Waals surface area contributed by atoms with Crippen molar-refractivity contribution in [2.45, 2.75) is 38.0 Å². The van der Waals surface area contributed by atoms with Crippen molar-refractivity contribution in [1.82, 2.24) is 0 Å². The molecule has 0 spiro atoms. The second kappa shape index (κ2) is 5.19. The summed E-state index contributed by atoms with van der Waals surface area (Å²) in [6, 6.07) is 4.07. The van der Waals surface area contributed by atoms with Gasteiger partial charge in [0.05, 0.1) is 14.2 Å². The third-order valence-corrected chi connectivity index (χ3v) is 4.24. The van der Waals surface area contributed by atoms with Gasteiger partial charge in [-0.2, -0.15) is 0 Å². The fraction of sp³-hybridized carbons (Fsp3) is 0.600. The maximum Gasteiger partial charge on any atom is 0.164 e. The monoisotopic (exact) mass is 249 g/mol. The van der Waals surface area contributed by atoms with Crippen LogP contribution in [0.4, 0.5) is 0 Å². The van der Waals surface area contributed by atoms with Gasteiger partial charge in [0.1, 0.15) is 0 Å². The molecule has 1 aliphatic rings. The first-order valence-electron chi connectivity index (χ1n) is 6.60. The van der Waals surface area contributed by atoms with Gasteiger partial charge in [0.25, 0.3) is 0 Å². The molecule has 0 saturated heterocycles. The van der Waals surface area contributed by atoms with Gasteiger partial charge in [0, 0.05) is 17.5 Å². The number of methoxy groups -OCH3 is 2. The van der Waals surface area contributed by atoms with Crippen LogP contribution in [0.3, 0.4) is 0 Å². The average Bonchev–Trinajstić information content (AvgIpc) is 2.87. The first-order valence-corrected chi connectivity index (χ1v) is 6.60. The molecule has 0 aromatic heterocycles. The van der Waals surface area contributed by atoms with Gasteiger partial charge in [-0.05, 0) is 31.4 Å². The van der Waals surface area contributed by atoms with Crippen LogP contribution in [0, 0.1) is 6.92 Å². The number of hydrogen-bond acceptors (Lipinski definition) is 3. The van der Waals surface area contributed by atoms with Crippen LogP contribution >= 0.6 is 0 Å². The normalized spacial score (nSPS) is 17.8. The molecule has 1 saturated carbocycles. The van der Waals surface area contributed by atoms with Crippen molar-refractivity contribution < 1.29 is 9.47 Å². The summed E-state index contributed by atoms with van der Waals surface area (Å²) in [7, 11) is 3.39. The molecule has 0 bridgehead atoms. The summed E-state index contributed by atoms with van der Waals surface area (Å²) in [6.45, 7) is 2.81. The molecular weight excluding hydrogens is 226 g/mol. The van der Waals surface area contributed by atoms with Crippen LogP contribution in [0.1, 0.15) is 36.8 Å². The van der Waals surface area contributed by atoms with E-state index in [9.17, 15) is 0 Å². The Kier molecular flexibility index (Phi) is 3.81. The zero-order valence-electron chi connectivity index (χ0n) is 11.6. The summed E-state index contributed by atoms with van der Waals surface area (Å²) >= 11 is 0. The Bertz CT molecular complexity index is 423. The Labute approximate surface area is 109 Å². The Morgan fingerprint density at radius 2 is 1.83 bits per heavy atom. The van der Waals surface area contributed by atoms with E-state index in [-0.39, 0.29) is 5.41 Å². The lowest BCUT2D eigenvalue weighted by Crippen LogP contribution is -2.33. The lowest BCUT2D eigenvalue weighted by molar-refractivity contribution is 0.336. The zero-order chi connectivity index (χ0) is 13.2. The highest BCUT2D eigenvalue weighted by Crippen LogP contribution is 2.48. The molecule has 2 rings (SSSR count). The number of nitrogens with two attached hydrogens (primary N) is 1. The second-order valence-corrected chi connectivity index (χ2v) is 5.18. The molecule has 0 atom stereocenters. The van der Waals surface area contributed by atoms with Crippen LogP contribution in [0.2, 0.25) is 0 Å². The van der Waals surface area contributed by atoms with Gasteiger partial charge in [0.2, 0.25) is 0 Å². The first kappa shape index (κ1) is 13.2. The summed E-state index contributed by atoms with van der Waals surface area (Å²) < 4.78 is 11.0. The highest BCUT2D eigenvalue weighted by molar-refractivity contribution is 5.54. The van der Waals surface area contributed by atoms with Crippen LogP contribution in [0.25, 0.3) is 0 Å². The van der Waals surface area contributed by atoms with Gasteiger partial charge in [-0.3, -0.25) is 0 Å². The molecule has 1 aliphatic carbocycles. The van der Waals surface area contributed by atoms with Crippen molar-refractivity contribution in [3.63, 3.8) is 0 Å². The van der Waals surface area contributed by atoms with E-state index in [1.165, 1.54) is 24.0 Å². The number of ether oxygens (including phenoxy) is 2. The first-order chi connectivity index (χ1) is 8.68. The Hall–Kier alpha value is -1.22. The van der Waals surface area contributed by atoms with E-state index in [1.54, 1.807) is 14.2 Å². The minimum atomic E-state index is 0.0734.